The third-order valence-electron chi connectivity index (χ3n) is 4.72. The summed E-state index contributed by atoms with van der Waals surface area (Å²) in [5, 5.41) is 13.2. The Labute approximate surface area is 120 Å². The standard InChI is InChI=1S/C16H24N2O2/c1-3-16(4-2,10-17)15(20)18-14-12-8-6-5-7-11(12)9-13(14)19/h5-8,13-14,19H,3-4,9-10,17H2,1-2H3,(H,18,20)/t13-,14+/m0/s1. The molecule has 0 saturated heterocycles. The molecular formula is C16H24N2O2. The average molecular weight is 276 g/mol. The fourth-order valence-corrected chi connectivity index (χ4v) is 2.99. The Hall–Kier alpha value is -1.39. The Morgan fingerprint density at radius 3 is 2.65 bits per heavy atom. The molecule has 0 saturated carbocycles. The highest BCUT2D eigenvalue weighted by atomic mass is 16.3. The first-order valence-electron chi connectivity index (χ1n) is 7.35. The average Bonchev–Trinajstić information content (AvgIpc) is 2.78. The lowest BCUT2D eigenvalue weighted by atomic mass is 9.81. The van der Waals surface area contributed by atoms with Gasteiger partial charge in [0.1, 0.15) is 0 Å². The SMILES string of the molecule is CCC(CC)(CN)C(=O)N[C@@H]1c2ccccc2C[C@@H]1O. The maximum Gasteiger partial charge on any atom is 0.228 e. The van der Waals surface area contributed by atoms with Gasteiger partial charge in [0, 0.05) is 13.0 Å². The molecule has 0 unspecified atom stereocenters. The fourth-order valence-electron chi connectivity index (χ4n) is 2.99. The first-order chi connectivity index (χ1) is 9.57. The molecule has 0 spiro atoms. The Morgan fingerprint density at radius 2 is 2.05 bits per heavy atom. The molecule has 0 fully saturated rings. The number of hydrogen-bond donors (Lipinski definition) is 3. The van der Waals surface area contributed by atoms with Crippen LogP contribution >= 0.6 is 0 Å². The third kappa shape index (κ3) is 2.45. The smallest absolute Gasteiger partial charge is 0.228 e. The van der Waals surface area contributed by atoms with Gasteiger partial charge >= 0.3 is 0 Å². The number of carbonyl (C=O) groups is 1. The lowest BCUT2D eigenvalue weighted by molar-refractivity contribution is -0.132. The molecule has 2 atom stereocenters. The number of benzene rings is 1. The van der Waals surface area contributed by atoms with Gasteiger partial charge in [0.05, 0.1) is 17.6 Å². The van der Waals surface area contributed by atoms with Crippen LogP contribution in [0.4, 0.5) is 0 Å². The summed E-state index contributed by atoms with van der Waals surface area (Å²) < 4.78 is 0. The number of fused-ring (bicyclic) bond motifs is 1. The molecule has 0 radical (unpaired) electrons. The Bertz CT molecular complexity index is 475. The highest BCUT2D eigenvalue weighted by Gasteiger charge is 2.38. The van der Waals surface area contributed by atoms with Crippen LogP contribution in [0.3, 0.4) is 0 Å². The Balaban J connectivity index is 2.20. The summed E-state index contributed by atoms with van der Waals surface area (Å²) in [6, 6.07) is 7.55. The van der Waals surface area contributed by atoms with Crippen molar-refractivity contribution in [2.75, 3.05) is 6.54 Å². The fraction of sp³-hybridized carbons (Fsp3) is 0.562. The number of carbonyl (C=O) groups excluding carboxylic acids is 1. The second-order valence-electron chi connectivity index (χ2n) is 5.61. The largest absolute Gasteiger partial charge is 0.390 e. The summed E-state index contributed by atoms with van der Waals surface area (Å²) in [5.74, 6) is -0.0502. The topological polar surface area (TPSA) is 75.4 Å². The summed E-state index contributed by atoms with van der Waals surface area (Å²) in [6.07, 6.45) is 1.45. The van der Waals surface area contributed by atoms with E-state index in [2.05, 4.69) is 5.32 Å². The quantitative estimate of drug-likeness (QED) is 0.763. The van der Waals surface area contributed by atoms with E-state index in [-0.39, 0.29) is 11.9 Å². The second kappa shape index (κ2) is 5.94. The molecule has 1 aliphatic carbocycles. The molecule has 4 heteroatoms. The van der Waals surface area contributed by atoms with E-state index in [0.29, 0.717) is 25.8 Å². The van der Waals surface area contributed by atoms with Crippen LogP contribution in [0.1, 0.15) is 43.9 Å². The molecule has 1 aliphatic rings. The van der Waals surface area contributed by atoms with E-state index in [1.54, 1.807) is 0 Å². The van der Waals surface area contributed by atoms with Gasteiger partial charge in [-0.3, -0.25) is 4.79 Å². The monoisotopic (exact) mass is 276 g/mol. The number of nitrogens with two attached hydrogens (primary N) is 1. The number of aliphatic hydroxyl groups is 1. The number of rotatable bonds is 5. The maximum absolute atomic E-state index is 12.6. The molecule has 2 rings (SSSR count). The molecule has 0 aromatic heterocycles. The molecule has 20 heavy (non-hydrogen) atoms. The number of aliphatic hydroxyl groups excluding tert-OH is 1. The zero-order valence-corrected chi connectivity index (χ0v) is 12.2. The molecule has 4 N–H and O–H groups in total. The van der Waals surface area contributed by atoms with Crippen LogP contribution in [0.15, 0.2) is 24.3 Å². The van der Waals surface area contributed by atoms with Crippen molar-refractivity contribution in [1.82, 2.24) is 5.32 Å². The summed E-state index contributed by atoms with van der Waals surface area (Å²) >= 11 is 0. The van der Waals surface area contributed by atoms with Gasteiger partial charge in [-0.1, -0.05) is 38.1 Å². The van der Waals surface area contributed by atoms with Crippen LogP contribution in [0, 0.1) is 5.41 Å². The number of amides is 1. The minimum atomic E-state index is -0.555. The van der Waals surface area contributed by atoms with Crippen LogP contribution in [0.5, 0.6) is 0 Å². The van der Waals surface area contributed by atoms with E-state index < -0.39 is 11.5 Å². The molecule has 0 aliphatic heterocycles. The molecule has 1 aromatic carbocycles. The summed E-state index contributed by atoms with van der Waals surface area (Å²) in [6.45, 7) is 4.29. The molecule has 0 heterocycles. The minimum Gasteiger partial charge on any atom is -0.390 e. The van der Waals surface area contributed by atoms with Crippen molar-refractivity contribution in [3.05, 3.63) is 35.4 Å². The van der Waals surface area contributed by atoms with Crippen molar-refractivity contribution < 1.29 is 9.90 Å². The van der Waals surface area contributed by atoms with Gasteiger partial charge in [-0.25, -0.2) is 0 Å². The first-order valence-corrected chi connectivity index (χ1v) is 7.35. The van der Waals surface area contributed by atoms with E-state index in [1.165, 1.54) is 0 Å². The van der Waals surface area contributed by atoms with E-state index in [0.717, 1.165) is 11.1 Å². The van der Waals surface area contributed by atoms with Gasteiger partial charge in [0.15, 0.2) is 0 Å². The van der Waals surface area contributed by atoms with E-state index >= 15 is 0 Å². The molecular weight excluding hydrogens is 252 g/mol. The predicted molar refractivity (Wildman–Crippen MR) is 79.1 cm³/mol. The van der Waals surface area contributed by atoms with Crippen molar-refractivity contribution in [1.29, 1.82) is 0 Å². The van der Waals surface area contributed by atoms with Gasteiger partial charge < -0.3 is 16.2 Å². The lowest BCUT2D eigenvalue weighted by Crippen LogP contribution is -2.47. The van der Waals surface area contributed by atoms with Crippen molar-refractivity contribution in [3.8, 4) is 0 Å². The number of hydrogen-bond acceptors (Lipinski definition) is 3. The minimum absolute atomic E-state index is 0.0502. The van der Waals surface area contributed by atoms with Gasteiger partial charge in [-0.2, -0.15) is 0 Å². The van der Waals surface area contributed by atoms with Crippen LogP contribution in [0.25, 0.3) is 0 Å². The van der Waals surface area contributed by atoms with Gasteiger partial charge in [0.25, 0.3) is 0 Å². The summed E-state index contributed by atoms with van der Waals surface area (Å²) in [5.41, 5.74) is 7.41. The maximum atomic E-state index is 12.6. The van der Waals surface area contributed by atoms with Gasteiger partial charge in [-0.05, 0) is 24.0 Å². The van der Waals surface area contributed by atoms with Crippen LogP contribution < -0.4 is 11.1 Å². The Morgan fingerprint density at radius 1 is 1.40 bits per heavy atom. The van der Waals surface area contributed by atoms with Gasteiger partial charge in [-0.15, -0.1) is 0 Å². The molecule has 4 nitrogen and oxygen atoms in total. The predicted octanol–water partition coefficient (Wildman–Crippen LogP) is 1.53. The van der Waals surface area contributed by atoms with Crippen molar-refractivity contribution in [3.63, 3.8) is 0 Å². The Kier molecular flexibility index (Phi) is 4.45. The highest BCUT2D eigenvalue weighted by molar-refractivity contribution is 5.83. The van der Waals surface area contributed by atoms with Crippen LogP contribution in [0.2, 0.25) is 0 Å². The van der Waals surface area contributed by atoms with E-state index in [9.17, 15) is 9.90 Å². The highest BCUT2D eigenvalue weighted by Crippen LogP contribution is 2.33. The lowest BCUT2D eigenvalue weighted by Gasteiger charge is -2.31. The normalized spacial score (nSPS) is 21.6. The molecule has 1 aromatic rings. The van der Waals surface area contributed by atoms with Crippen LogP contribution in [-0.4, -0.2) is 23.7 Å². The first kappa shape index (κ1) is 15.0. The van der Waals surface area contributed by atoms with Crippen molar-refractivity contribution in [2.24, 2.45) is 11.1 Å². The van der Waals surface area contributed by atoms with Gasteiger partial charge in [0.2, 0.25) is 5.91 Å². The zero-order chi connectivity index (χ0) is 14.8. The van der Waals surface area contributed by atoms with E-state index in [1.807, 2.05) is 38.1 Å². The van der Waals surface area contributed by atoms with Crippen LogP contribution in [-0.2, 0) is 11.2 Å². The van der Waals surface area contributed by atoms with Crippen molar-refractivity contribution in [2.45, 2.75) is 45.3 Å². The number of nitrogens with one attached hydrogen (secondary N) is 1. The van der Waals surface area contributed by atoms with E-state index in [4.69, 9.17) is 5.73 Å². The summed E-state index contributed by atoms with van der Waals surface area (Å²) in [7, 11) is 0. The molecule has 110 valence electrons. The second-order valence-corrected chi connectivity index (χ2v) is 5.61. The summed E-state index contributed by atoms with van der Waals surface area (Å²) in [4.78, 5) is 12.6. The third-order valence-corrected chi connectivity index (χ3v) is 4.72. The molecule has 1 amide bonds. The van der Waals surface area contributed by atoms with Crippen molar-refractivity contribution >= 4 is 5.91 Å². The zero-order valence-electron chi connectivity index (χ0n) is 12.2. The molecule has 0 bridgehead atoms.